The average Bonchev–Trinajstić information content (AvgIpc) is 2.39. The second-order valence-electron chi connectivity index (χ2n) is 3.93. The van der Waals surface area contributed by atoms with Crippen LogP contribution >= 0.6 is 15.9 Å². The first kappa shape index (κ1) is 14.0. The molecule has 0 aliphatic rings. The monoisotopic (exact) mass is 340 g/mol. The molecule has 0 spiro atoms. The third-order valence-electron chi connectivity index (χ3n) is 2.53. The van der Waals surface area contributed by atoms with Crippen LogP contribution in [-0.4, -0.2) is 13.4 Å². The molecule has 4 nitrogen and oxygen atoms in total. The zero-order valence-corrected chi connectivity index (χ0v) is 12.7. The maximum atomic E-state index is 12.1. The first-order valence-electron chi connectivity index (χ1n) is 5.75. The molecule has 2 aromatic rings. The predicted molar refractivity (Wildman–Crippen MR) is 78.6 cm³/mol. The van der Waals surface area contributed by atoms with Gasteiger partial charge in [0.15, 0.2) is 0 Å². The highest BCUT2D eigenvalue weighted by Crippen LogP contribution is 2.17. The Hall–Kier alpha value is -1.40. The molecule has 100 valence electrons. The molecule has 0 radical (unpaired) electrons. The zero-order valence-electron chi connectivity index (χ0n) is 10.3. The molecule has 2 rings (SSSR count). The maximum absolute atomic E-state index is 12.1. The van der Waals surface area contributed by atoms with Crippen molar-refractivity contribution in [2.24, 2.45) is 0 Å². The van der Waals surface area contributed by atoms with E-state index >= 15 is 0 Å². The van der Waals surface area contributed by atoms with E-state index < -0.39 is 10.0 Å². The van der Waals surface area contributed by atoms with Crippen LogP contribution in [0.5, 0.6) is 0 Å². The average molecular weight is 341 g/mol. The number of hydrogen-bond donors (Lipinski definition) is 1. The van der Waals surface area contributed by atoms with Crippen molar-refractivity contribution >= 4 is 31.8 Å². The lowest BCUT2D eigenvalue weighted by Gasteiger charge is -2.08. The summed E-state index contributed by atoms with van der Waals surface area (Å²) in [7, 11) is -3.59. The van der Waals surface area contributed by atoms with Crippen molar-refractivity contribution in [3.8, 4) is 0 Å². The highest BCUT2D eigenvalue weighted by molar-refractivity contribution is 9.10. The quantitative estimate of drug-likeness (QED) is 0.929. The van der Waals surface area contributed by atoms with Crippen LogP contribution in [0.2, 0.25) is 0 Å². The van der Waals surface area contributed by atoms with Gasteiger partial charge in [0.25, 0.3) is 10.0 Å². The highest BCUT2D eigenvalue weighted by Gasteiger charge is 2.14. The predicted octanol–water partition coefficient (Wildman–Crippen LogP) is 3.21. The highest BCUT2D eigenvalue weighted by atomic mass is 79.9. The van der Waals surface area contributed by atoms with Gasteiger partial charge in [-0.1, -0.05) is 28.9 Å². The van der Waals surface area contributed by atoms with Gasteiger partial charge in [0, 0.05) is 10.2 Å². The number of hydrogen-bond acceptors (Lipinski definition) is 3. The maximum Gasteiger partial charge on any atom is 0.263 e. The van der Waals surface area contributed by atoms with E-state index in [1.165, 1.54) is 12.1 Å². The van der Waals surface area contributed by atoms with Gasteiger partial charge in [-0.15, -0.1) is 0 Å². The zero-order chi connectivity index (χ0) is 13.9. The summed E-state index contributed by atoms with van der Waals surface area (Å²) in [6.45, 7) is 1.97. The third-order valence-corrected chi connectivity index (χ3v) is 4.43. The van der Waals surface area contributed by atoms with Crippen molar-refractivity contribution in [1.29, 1.82) is 0 Å². The van der Waals surface area contributed by atoms with Gasteiger partial charge in [-0.25, -0.2) is 13.4 Å². The lowest BCUT2D eigenvalue weighted by atomic mass is 10.3. The lowest BCUT2D eigenvalue weighted by Crippen LogP contribution is -2.14. The van der Waals surface area contributed by atoms with Crippen LogP contribution in [0.25, 0.3) is 0 Å². The Kier molecular flexibility index (Phi) is 4.21. The number of halogens is 1. The van der Waals surface area contributed by atoms with Gasteiger partial charge in [0.1, 0.15) is 5.82 Å². The standard InChI is InChI=1S/C13H13BrN2O2S/c1-2-11-4-3-5-13(15-11)16-19(17,18)12-8-6-10(14)7-9-12/h3-9H,2H2,1H3,(H,15,16). The molecule has 0 fully saturated rings. The Balaban J connectivity index is 2.28. The summed E-state index contributed by atoms with van der Waals surface area (Å²) < 4.78 is 27.6. The molecule has 1 N–H and O–H groups in total. The first-order chi connectivity index (χ1) is 9.01. The fourth-order valence-electron chi connectivity index (χ4n) is 1.54. The number of aromatic nitrogens is 1. The second-order valence-corrected chi connectivity index (χ2v) is 6.53. The van der Waals surface area contributed by atoms with Crippen LogP contribution in [0.15, 0.2) is 51.8 Å². The van der Waals surface area contributed by atoms with E-state index in [0.717, 1.165) is 16.6 Å². The molecule has 0 saturated carbocycles. The Morgan fingerprint density at radius 1 is 1.16 bits per heavy atom. The molecule has 0 aliphatic heterocycles. The van der Waals surface area contributed by atoms with E-state index in [4.69, 9.17) is 0 Å². The molecule has 0 amide bonds. The lowest BCUT2D eigenvalue weighted by molar-refractivity contribution is 0.601. The Morgan fingerprint density at radius 3 is 2.47 bits per heavy atom. The fraction of sp³-hybridized carbons (Fsp3) is 0.154. The normalized spacial score (nSPS) is 11.3. The minimum atomic E-state index is -3.59. The molecule has 1 aromatic heterocycles. The van der Waals surface area contributed by atoms with Gasteiger partial charge in [-0.3, -0.25) is 4.72 Å². The molecule has 1 heterocycles. The van der Waals surface area contributed by atoms with E-state index in [-0.39, 0.29) is 4.90 Å². The summed E-state index contributed by atoms with van der Waals surface area (Å²) in [5.41, 5.74) is 0.844. The van der Waals surface area contributed by atoms with Gasteiger partial charge in [0.2, 0.25) is 0 Å². The van der Waals surface area contributed by atoms with Crippen molar-refractivity contribution < 1.29 is 8.42 Å². The van der Waals surface area contributed by atoms with Crippen LogP contribution in [-0.2, 0) is 16.4 Å². The van der Waals surface area contributed by atoms with E-state index in [0.29, 0.717) is 5.82 Å². The smallest absolute Gasteiger partial charge is 0.263 e. The molecular formula is C13H13BrN2O2S. The minimum absolute atomic E-state index is 0.208. The van der Waals surface area contributed by atoms with Crippen LogP contribution < -0.4 is 4.72 Å². The number of nitrogens with zero attached hydrogens (tertiary/aromatic N) is 1. The Morgan fingerprint density at radius 2 is 1.84 bits per heavy atom. The molecule has 19 heavy (non-hydrogen) atoms. The molecule has 1 aromatic carbocycles. The van der Waals surface area contributed by atoms with Crippen LogP contribution in [0, 0.1) is 0 Å². The van der Waals surface area contributed by atoms with Crippen molar-refractivity contribution in [3.05, 3.63) is 52.6 Å². The van der Waals surface area contributed by atoms with Gasteiger partial charge < -0.3 is 0 Å². The van der Waals surface area contributed by atoms with Crippen molar-refractivity contribution in [3.63, 3.8) is 0 Å². The Bertz CT molecular complexity index is 669. The van der Waals surface area contributed by atoms with Crippen LogP contribution in [0.3, 0.4) is 0 Å². The molecule has 0 atom stereocenters. The van der Waals surface area contributed by atoms with Gasteiger partial charge >= 0.3 is 0 Å². The number of pyridine rings is 1. The number of nitrogens with one attached hydrogen (secondary N) is 1. The fourth-order valence-corrected chi connectivity index (χ4v) is 2.81. The SMILES string of the molecule is CCc1cccc(NS(=O)(=O)c2ccc(Br)cc2)n1. The number of benzene rings is 1. The first-order valence-corrected chi connectivity index (χ1v) is 8.03. The van der Waals surface area contributed by atoms with E-state index in [1.807, 2.05) is 13.0 Å². The topological polar surface area (TPSA) is 59.1 Å². The summed E-state index contributed by atoms with van der Waals surface area (Å²) in [4.78, 5) is 4.43. The van der Waals surface area contributed by atoms with E-state index in [9.17, 15) is 8.42 Å². The Labute approximate surface area is 121 Å². The summed E-state index contributed by atoms with van der Waals surface area (Å²) in [5.74, 6) is 0.335. The summed E-state index contributed by atoms with van der Waals surface area (Å²) in [6.07, 6.45) is 0.758. The summed E-state index contributed by atoms with van der Waals surface area (Å²) in [5, 5.41) is 0. The molecule has 0 bridgehead atoms. The molecule has 0 unspecified atom stereocenters. The van der Waals surface area contributed by atoms with Crippen LogP contribution in [0.4, 0.5) is 5.82 Å². The van der Waals surface area contributed by atoms with E-state index in [2.05, 4.69) is 25.6 Å². The number of sulfonamides is 1. The molecular weight excluding hydrogens is 328 g/mol. The third kappa shape index (κ3) is 3.54. The van der Waals surface area contributed by atoms with Crippen LogP contribution in [0.1, 0.15) is 12.6 Å². The second kappa shape index (κ2) is 5.71. The molecule has 0 aliphatic carbocycles. The minimum Gasteiger partial charge on any atom is -0.263 e. The van der Waals surface area contributed by atoms with Crippen molar-refractivity contribution in [2.75, 3.05) is 4.72 Å². The number of aryl methyl sites for hydroxylation is 1. The van der Waals surface area contributed by atoms with Gasteiger partial charge in [-0.05, 0) is 42.8 Å². The van der Waals surface area contributed by atoms with Crippen molar-refractivity contribution in [2.45, 2.75) is 18.2 Å². The molecule has 6 heteroatoms. The van der Waals surface area contributed by atoms with Gasteiger partial charge in [-0.2, -0.15) is 0 Å². The van der Waals surface area contributed by atoms with Gasteiger partial charge in [0.05, 0.1) is 4.90 Å². The van der Waals surface area contributed by atoms with E-state index in [1.54, 1.807) is 24.3 Å². The number of rotatable bonds is 4. The summed E-state index contributed by atoms with van der Waals surface area (Å²) in [6, 6.07) is 11.7. The number of anilines is 1. The van der Waals surface area contributed by atoms with Crippen molar-refractivity contribution in [1.82, 2.24) is 4.98 Å². The summed E-state index contributed by atoms with van der Waals surface area (Å²) >= 11 is 3.27. The molecule has 0 saturated heterocycles. The largest absolute Gasteiger partial charge is 0.263 e.